The van der Waals surface area contributed by atoms with Gasteiger partial charge in [-0.15, -0.1) is 0 Å². The fraction of sp³-hybridized carbons (Fsp3) is 0.185. The first-order valence-corrected chi connectivity index (χ1v) is 10.8. The predicted molar refractivity (Wildman–Crippen MR) is 129 cm³/mol. The maximum absolute atomic E-state index is 13.2. The van der Waals surface area contributed by atoms with Crippen LogP contribution in [0.15, 0.2) is 78.9 Å². The van der Waals surface area contributed by atoms with E-state index in [1.807, 2.05) is 44.3 Å². The maximum atomic E-state index is 13.2. The third kappa shape index (κ3) is 4.90. The first-order chi connectivity index (χ1) is 15.9. The van der Waals surface area contributed by atoms with Crippen LogP contribution in [0.3, 0.4) is 0 Å². The van der Waals surface area contributed by atoms with Crippen molar-refractivity contribution in [2.24, 2.45) is 0 Å². The number of benzene rings is 3. The van der Waals surface area contributed by atoms with Crippen LogP contribution in [0.1, 0.15) is 21.6 Å². The number of anilines is 1. The summed E-state index contributed by atoms with van der Waals surface area (Å²) in [6, 6.07) is 24.5. The van der Waals surface area contributed by atoms with Crippen molar-refractivity contribution in [2.45, 2.75) is 13.3 Å². The molecule has 0 radical (unpaired) electrons. The molecule has 0 atom stereocenters. The van der Waals surface area contributed by atoms with Gasteiger partial charge in [0.1, 0.15) is 12.4 Å². The van der Waals surface area contributed by atoms with Crippen LogP contribution < -0.4 is 9.64 Å². The minimum Gasteiger partial charge on any atom is -0.492 e. The Balaban J connectivity index is 1.46. The molecule has 4 aromatic rings. The Bertz CT molecular complexity index is 1280. The lowest BCUT2D eigenvalue weighted by Gasteiger charge is -2.19. The summed E-state index contributed by atoms with van der Waals surface area (Å²) in [4.78, 5) is 26.6. The van der Waals surface area contributed by atoms with Crippen molar-refractivity contribution in [3.05, 3.63) is 95.7 Å². The molecule has 6 heteroatoms. The summed E-state index contributed by atoms with van der Waals surface area (Å²) in [6.45, 7) is 3.10. The van der Waals surface area contributed by atoms with Gasteiger partial charge in [0.25, 0.3) is 5.91 Å². The number of para-hydroxylation sites is 1. The Morgan fingerprint density at radius 3 is 2.39 bits per heavy atom. The second kappa shape index (κ2) is 9.61. The molecule has 0 aliphatic rings. The van der Waals surface area contributed by atoms with E-state index in [0.29, 0.717) is 29.0 Å². The first-order valence-electron chi connectivity index (χ1n) is 10.8. The number of carbonyl (C=O) groups is 2. The van der Waals surface area contributed by atoms with Gasteiger partial charge in [-0.1, -0.05) is 30.3 Å². The van der Waals surface area contributed by atoms with Crippen molar-refractivity contribution < 1.29 is 19.4 Å². The molecule has 0 unspecified atom stereocenters. The number of fused-ring (bicyclic) bond motifs is 1. The largest absolute Gasteiger partial charge is 0.492 e. The summed E-state index contributed by atoms with van der Waals surface area (Å²) in [5, 5.41) is 9.96. The fourth-order valence-electron chi connectivity index (χ4n) is 3.95. The van der Waals surface area contributed by atoms with Gasteiger partial charge in [0.2, 0.25) is 0 Å². The number of rotatable bonds is 8. The highest BCUT2D eigenvalue weighted by Crippen LogP contribution is 2.25. The molecule has 6 nitrogen and oxygen atoms in total. The van der Waals surface area contributed by atoms with Gasteiger partial charge in [-0.25, -0.2) is 0 Å². The summed E-state index contributed by atoms with van der Waals surface area (Å²) in [5.41, 5.74) is 3.83. The van der Waals surface area contributed by atoms with Crippen LogP contribution in [0.4, 0.5) is 5.69 Å². The lowest BCUT2D eigenvalue weighted by molar-refractivity contribution is -0.136. The maximum Gasteiger partial charge on any atom is 0.307 e. The van der Waals surface area contributed by atoms with Crippen LogP contribution >= 0.6 is 0 Å². The van der Waals surface area contributed by atoms with E-state index < -0.39 is 5.97 Å². The van der Waals surface area contributed by atoms with Gasteiger partial charge < -0.3 is 14.7 Å². The molecule has 0 amide bonds. The summed E-state index contributed by atoms with van der Waals surface area (Å²) in [5.74, 6) is -0.360. The molecule has 1 heterocycles. The molecule has 0 saturated carbocycles. The van der Waals surface area contributed by atoms with E-state index in [4.69, 9.17) is 4.74 Å². The topological polar surface area (TPSA) is 71.8 Å². The molecule has 0 bridgehead atoms. The third-order valence-electron chi connectivity index (χ3n) is 5.66. The second-order valence-electron chi connectivity index (χ2n) is 7.98. The molecular formula is C27H26N2O4. The number of carbonyl (C=O) groups excluding carboxylic acids is 1. The molecule has 0 aliphatic heterocycles. The number of carboxylic acids is 1. The van der Waals surface area contributed by atoms with Gasteiger partial charge in [-0.2, -0.15) is 0 Å². The van der Waals surface area contributed by atoms with Crippen molar-refractivity contribution in [3.63, 3.8) is 0 Å². The standard InChI is InChI=1S/C27H26N2O4/c1-19-17-24-21(18-26(30)31)7-6-10-25(24)29(19)27(32)20-11-13-23(14-12-20)33-16-15-28(2)22-8-4-3-5-9-22/h3-14,17H,15-16,18H2,1-2H3,(H,30,31). The number of aryl methyl sites for hydroxylation is 1. The number of aliphatic carboxylic acids is 1. The van der Waals surface area contributed by atoms with Crippen LogP contribution in [0.2, 0.25) is 0 Å². The van der Waals surface area contributed by atoms with Crippen LogP contribution in [0, 0.1) is 6.92 Å². The Morgan fingerprint density at radius 2 is 1.70 bits per heavy atom. The Kier molecular flexibility index (Phi) is 6.45. The first kappa shape index (κ1) is 22.1. The highest BCUT2D eigenvalue weighted by Gasteiger charge is 2.17. The molecule has 4 rings (SSSR count). The monoisotopic (exact) mass is 442 g/mol. The number of nitrogens with zero attached hydrogens (tertiary/aromatic N) is 2. The molecule has 1 aromatic heterocycles. The molecule has 33 heavy (non-hydrogen) atoms. The molecular weight excluding hydrogens is 416 g/mol. The van der Waals surface area contributed by atoms with E-state index in [-0.39, 0.29) is 12.3 Å². The molecule has 0 fully saturated rings. The number of ether oxygens (including phenoxy) is 1. The SMILES string of the molecule is Cc1cc2c(CC(=O)O)cccc2n1C(=O)c1ccc(OCCN(C)c2ccccc2)cc1. The number of aromatic nitrogens is 1. The average Bonchev–Trinajstić information content (AvgIpc) is 3.16. The van der Waals surface area contributed by atoms with Crippen molar-refractivity contribution >= 4 is 28.5 Å². The summed E-state index contributed by atoms with van der Waals surface area (Å²) in [7, 11) is 2.02. The van der Waals surface area contributed by atoms with E-state index in [0.717, 1.165) is 23.3 Å². The van der Waals surface area contributed by atoms with Crippen LogP contribution in [-0.2, 0) is 11.2 Å². The zero-order chi connectivity index (χ0) is 23.4. The second-order valence-corrected chi connectivity index (χ2v) is 7.98. The van der Waals surface area contributed by atoms with E-state index >= 15 is 0 Å². The van der Waals surface area contributed by atoms with Gasteiger partial charge in [0.05, 0.1) is 18.5 Å². The highest BCUT2D eigenvalue weighted by molar-refractivity contribution is 6.04. The summed E-state index contributed by atoms with van der Waals surface area (Å²) >= 11 is 0. The molecule has 168 valence electrons. The van der Waals surface area contributed by atoms with Crippen LogP contribution in [0.5, 0.6) is 5.75 Å². The molecule has 0 spiro atoms. The number of hydrogen-bond donors (Lipinski definition) is 1. The Hall–Kier alpha value is -4.06. The van der Waals surface area contributed by atoms with Gasteiger partial charge in [-0.05, 0) is 61.0 Å². The van der Waals surface area contributed by atoms with E-state index in [9.17, 15) is 14.7 Å². The number of hydrogen-bond acceptors (Lipinski definition) is 4. The normalized spacial score (nSPS) is 10.8. The van der Waals surface area contributed by atoms with Crippen molar-refractivity contribution in [1.82, 2.24) is 4.57 Å². The summed E-state index contributed by atoms with van der Waals surface area (Å²) in [6.07, 6.45) is -0.0829. The molecule has 1 N–H and O–H groups in total. The quantitative estimate of drug-likeness (QED) is 0.425. The van der Waals surface area contributed by atoms with Crippen LogP contribution in [0.25, 0.3) is 10.9 Å². The van der Waals surface area contributed by atoms with E-state index in [2.05, 4.69) is 17.0 Å². The van der Waals surface area contributed by atoms with Gasteiger partial charge in [0, 0.05) is 29.4 Å². The van der Waals surface area contributed by atoms with Gasteiger partial charge in [-0.3, -0.25) is 14.2 Å². The van der Waals surface area contributed by atoms with Crippen molar-refractivity contribution in [3.8, 4) is 5.75 Å². The minimum atomic E-state index is -0.898. The van der Waals surface area contributed by atoms with E-state index in [1.165, 1.54) is 0 Å². The molecule has 0 aliphatic carbocycles. The number of carboxylic acid groups (broad SMARTS) is 1. The van der Waals surface area contributed by atoms with Gasteiger partial charge >= 0.3 is 5.97 Å². The van der Waals surface area contributed by atoms with E-state index in [1.54, 1.807) is 41.0 Å². The lowest BCUT2D eigenvalue weighted by Crippen LogP contribution is -2.23. The zero-order valence-corrected chi connectivity index (χ0v) is 18.7. The predicted octanol–water partition coefficient (Wildman–Crippen LogP) is 4.78. The Morgan fingerprint density at radius 1 is 0.970 bits per heavy atom. The minimum absolute atomic E-state index is 0.0829. The lowest BCUT2D eigenvalue weighted by atomic mass is 10.1. The number of likely N-dealkylation sites (N-methyl/N-ethyl adjacent to an activating group) is 1. The van der Waals surface area contributed by atoms with Crippen molar-refractivity contribution in [2.75, 3.05) is 25.1 Å². The highest BCUT2D eigenvalue weighted by atomic mass is 16.5. The van der Waals surface area contributed by atoms with Crippen molar-refractivity contribution in [1.29, 1.82) is 0 Å². The smallest absolute Gasteiger partial charge is 0.307 e. The zero-order valence-electron chi connectivity index (χ0n) is 18.7. The molecule has 0 saturated heterocycles. The van der Waals surface area contributed by atoms with Crippen LogP contribution in [-0.4, -0.2) is 41.7 Å². The molecule has 3 aromatic carbocycles. The third-order valence-corrected chi connectivity index (χ3v) is 5.66. The fourth-order valence-corrected chi connectivity index (χ4v) is 3.95. The average molecular weight is 443 g/mol. The van der Waals surface area contributed by atoms with Gasteiger partial charge in [0.15, 0.2) is 0 Å². The summed E-state index contributed by atoms with van der Waals surface area (Å²) < 4.78 is 7.49. The Labute approximate surface area is 192 Å².